The van der Waals surface area contributed by atoms with Crippen molar-refractivity contribution in [1.29, 1.82) is 0 Å². The smallest absolute Gasteiger partial charge is 0.286 e. The highest BCUT2D eigenvalue weighted by atomic mass is 35.5. The molecular weight excluding hydrogens is 418 g/mol. The fourth-order valence-corrected chi connectivity index (χ4v) is 4.54. The highest BCUT2D eigenvalue weighted by molar-refractivity contribution is 8.18. The quantitative estimate of drug-likeness (QED) is 0.616. The summed E-state index contributed by atoms with van der Waals surface area (Å²) < 4.78 is 5.61. The number of piperazine rings is 1. The molecule has 0 bridgehead atoms. The van der Waals surface area contributed by atoms with Crippen molar-refractivity contribution in [3.8, 4) is 5.75 Å². The maximum absolute atomic E-state index is 12.4. The van der Waals surface area contributed by atoms with Gasteiger partial charge in [-0.05, 0) is 60.2 Å². The van der Waals surface area contributed by atoms with Crippen molar-refractivity contribution in [2.45, 2.75) is 13.3 Å². The average Bonchev–Trinajstić information content (AvgIpc) is 3.13. The summed E-state index contributed by atoms with van der Waals surface area (Å²) in [5, 5.41) is 1.54. The maximum Gasteiger partial charge on any atom is 0.286 e. The summed E-state index contributed by atoms with van der Waals surface area (Å²) in [7, 11) is 0. The second-order valence-electron chi connectivity index (χ2n) is 7.18. The fraction of sp³-hybridized carbons (Fsp3) is 0.304. The molecule has 0 aliphatic carbocycles. The van der Waals surface area contributed by atoms with Crippen LogP contribution in [0.15, 0.2) is 58.4 Å². The number of thioether (sulfide) groups is 1. The number of amidine groups is 1. The average molecular weight is 442 g/mol. The summed E-state index contributed by atoms with van der Waals surface area (Å²) in [4.78, 5) is 21.9. The second-order valence-corrected chi connectivity index (χ2v) is 8.63. The fourth-order valence-electron chi connectivity index (χ4n) is 3.39. The van der Waals surface area contributed by atoms with Gasteiger partial charge in [0, 0.05) is 36.9 Å². The van der Waals surface area contributed by atoms with E-state index in [0.717, 1.165) is 59.8 Å². The minimum absolute atomic E-state index is 0.168. The van der Waals surface area contributed by atoms with Gasteiger partial charge in [0.15, 0.2) is 5.17 Å². The van der Waals surface area contributed by atoms with Crippen molar-refractivity contribution in [3.05, 3.63) is 64.0 Å². The van der Waals surface area contributed by atoms with Crippen LogP contribution in [0.25, 0.3) is 6.08 Å². The van der Waals surface area contributed by atoms with Gasteiger partial charge in [-0.3, -0.25) is 4.79 Å². The number of hydrogen-bond donors (Lipinski definition) is 0. The van der Waals surface area contributed by atoms with Gasteiger partial charge in [0.1, 0.15) is 5.75 Å². The third-order valence-electron chi connectivity index (χ3n) is 4.98. The standard InChI is InChI=1S/C23H24ClN3O2S/c1-2-14-29-20-8-6-17(7-9-20)15-21-22(28)25-23(30-21)27-12-10-26(11-13-27)19-5-3-4-18(24)16-19/h3-9,15-16H,2,10-14H2,1H3/b21-15-. The Labute approximate surface area is 186 Å². The van der Waals surface area contributed by atoms with Crippen LogP contribution in [0, 0.1) is 0 Å². The predicted octanol–water partition coefficient (Wildman–Crippen LogP) is 4.92. The molecule has 0 saturated carbocycles. The molecule has 2 aromatic rings. The normalized spacial score (nSPS) is 18.1. The number of amides is 1. The first-order valence-corrected chi connectivity index (χ1v) is 11.3. The van der Waals surface area contributed by atoms with Gasteiger partial charge in [0.2, 0.25) is 0 Å². The lowest BCUT2D eigenvalue weighted by Gasteiger charge is -2.36. The topological polar surface area (TPSA) is 45.1 Å². The van der Waals surface area contributed by atoms with Crippen LogP contribution in [0.4, 0.5) is 5.69 Å². The van der Waals surface area contributed by atoms with Crippen LogP contribution < -0.4 is 9.64 Å². The first-order valence-electron chi connectivity index (χ1n) is 10.1. The van der Waals surface area contributed by atoms with Crippen molar-refractivity contribution < 1.29 is 9.53 Å². The summed E-state index contributed by atoms with van der Waals surface area (Å²) in [6.07, 6.45) is 2.87. The van der Waals surface area contributed by atoms with Crippen molar-refractivity contribution in [2.24, 2.45) is 4.99 Å². The highest BCUT2D eigenvalue weighted by Crippen LogP contribution is 2.31. The lowest BCUT2D eigenvalue weighted by molar-refractivity contribution is -0.113. The molecule has 2 heterocycles. The van der Waals surface area contributed by atoms with E-state index in [2.05, 4.69) is 27.8 Å². The SMILES string of the molecule is CCCOc1ccc(/C=C2\SC(N3CCN(c4cccc(Cl)c4)CC3)=NC2=O)cc1. The molecule has 0 unspecified atom stereocenters. The number of aliphatic imine (C=N–C) groups is 1. The molecule has 0 N–H and O–H groups in total. The van der Waals surface area contributed by atoms with E-state index in [9.17, 15) is 4.79 Å². The number of ether oxygens (including phenoxy) is 1. The summed E-state index contributed by atoms with van der Waals surface area (Å²) in [5.74, 6) is 0.678. The van der Waals surface area contributed by atoms with E-state index in [-0.39, 0.29) is 5.91 Å². The lowest BCUT2D eigenvalue weighted by atomic mass is 10.2. The molecule has 0 radical (unpaired) electrons. The van der Waals surface area contributed by atoms with Crippen molar-refractivity contribution in [1.82, 2.24) is 4.90 Å². The lowest BCUT2D eigenvalue weighted by Crippen LogP contribution is -2.47. The van der Waals surface area contributed by atoms with Crippen LogP contribution in [-0.2, 0) is 4.79 Å². The van der Waals surface area contributed by atoms with Gasteiger partial charge in [-0.15, -0.1) is 0 Å². The van der Waals surface area contributed by atoms with E-state index >= 15 is 0 Å². The zero-order valence-corrected chi connectivity index (χ0v) is 18.5. The Morgan fingerprint density at radius 3 is 2.53 bits per heavy atom. The van der Waals surface area contributed by atoms with Crippen LogP contribution in [0.3, 0.4) is 0 Å². The Morgan fingerprint density at radius 2 is 1.83 bits per heavy atom. The Balaban J connectivity index is 1.35. The van der Waals surface area contributed by atoms with Gasteiger partial charge >= 0.3 is 0 Å². The molecule has 156 valence electrons. The summed E-state index contributed by atoms with van der Waals surface area (Å²) >= 11 is 7.57. The van der Waals surface area contributed by atoms with Crippen LogP contribution in [0.1, 0.15) is 18.9 Å². The Morgan fingerprint density at radius 1 is 1.10 bits per heavy atom. The van der Waals surface area contributed by atoms with Crippen LogP contribution in [-0.4, -0.2) is 48.8 Å². The molecule has 0 spiro atoms. The first kappa shape index (κ1) is 20.8. The summed E-state index contributed by atoms with van der Waals surface area (Å²) in [6.45, 7) is 6.16. The molecule has 30 heavy (non-hydrogen) atoms. The number of hydrogen-bond acceptors (Lipinski definition) is 5. The van der Waals surface area contributed by atoms with Gasteiger partial charge in [-0.1, -0.05) is 36.7 Å². The predicted molar refractivity (Wildman–Crippen MR) is 125 cm³/mol. The molecular formula is C23H24ClN3O2S. The minimum atomic E-state index is -0.168. The van der Waals surface area contributed by atoms with Gasteiger partial charge < -0.3 is 14.5 Å². The van der Waals surface area contributed by atoms with Gasteiger partial charge in [-0.2, -0.15) is 4.99 Å². The molecule has 7 heteroatoms. The maximum atomic E-state index is 12.4. The number of carbonyl (C=O) groups excluding carboxylic acids is 1. The number of halogens is 1. The van der Waals surface area contributed by atoms with Crippen molar-refractivity contribution >= 4 is 46.2 Å². The largest absolute Gasteiger partial charge is 0.494 e. The number of anilines is 1. The number of carbonyl (C=O) groups is 1. The molecule has 2 aromatic carbocycles. The molecule has 1 saturated heterocycles. The van der Waals surface area contributed by atoms with Gasteiger partial charge in [0.25, 0.3) is 5.91 Å². The minimum Gasteiger partial charge on any atom is -0.494 e. The first-order chi connectivity index (χ1) is 14.6. The Kier molecular flexibility index (Phi) is 6.65. The molecule has 1 amide bonds. The molecule has 2 aliphatic heterocycles. The zero-order valence-electron chi connectivity index (χ0n) is 16.9. The van der Waals surface area contributed by atoms with Gasteiger partial charge in [0.05, 0.1) is 11.5 Å². The van der Waals surface area contributed by atoms with Crippen LogP contribution in [0.5, 0.6) is 5.75 Å². The Hall–Kier alpha value is -2.44. The molecule has 1 fully saturated rings. The molecule has 4 rings (SSSR count). The monoisotopic (exact) mass is 441 g/mol. The van der Waals surface area contributed by atoms with E-state index < -0.39 is 0 Å². The van der Waals surface area contributed by atoms with E-state index in [1.54, 1.807) is 0 Å². The van der Waals surface area contributed by atoms with E-state index in [1.807, 2.05) is 48.5 Å². The van der Waals surface area contributed by atoms with Crippen molar-refractivity contribution in [2.75, 3.05) is 37.7 Å². The summed E-state index contributed by atoms with van der Waals surface area (Å²) in [6, 6.07) is 15.7. The van der Waals surface area contributed by atoms with Gasteiger partial charge in [-0.25, -0.2) is 0 Å². The summed E-state index contributed by atoms with van der Waals surface area (Å²) in [5.41, 5.74) is 2.10. The second kappa shape index (κ2) is 9.58. The third-order valence-corrected chi connectivity index (χ3v) is 6.26. The van der Waals surface area contributed by atoms with Crippen LogP contribution in [0.2, 0.25) is 5.02 Å². The number of benzene rings is 2. The number of nitrogens with zero attached hydrogens (tertiary/aromatic N) is 3. The van der Waals surface area contributed by atoms with E-state index in [1.165, 1.54) is 11.8 Å². The molecule has 0 aromatic heterocycles. The zero-order chi connectivity index (χ0) is 20.9. The molecule has 2 aliphatic rings. The third kappa shape index (κ3) is 4.99. The highest BCUT2D eigenvalue weighted by Gasteiger charge is 2.28. The Bertz CT molecular complexity index is 967. The van der Waals surface area contributed by atoms with E-state index in [0.29, 0.717) is 11.5 Å². The van der Waals surface area contributed by atoms with E-state index in [4.69, 9.17) is 16.3 Å². The van der Waals surface area contributed by atoms with Crippen LogP contribution >= 0.6 is 23.4 Å². The number of rotatable bonds is 5. The van der Waals surface area contributed by atoms with Crippen molar-refractivity contribution in [3.63, 3.8) is 0 Å². The molecule has 5 nitrogen and oxygen atoms in total. The molecule has 0 atom stereocenters.